The highest BCUT2D eigenvalue weighted by molar-refractivity contribution is 6.01. The van der Waals surface area contributed by atoms with Crippen molar-refractivity contribution in [3.05, 3.63) is 139 Å². The van der Waals surface area contributed by atoms with Crippen molar-refractivity contribution >= 4 is 56.6 Å². The number of benzene rings is 2. The zero-order valence-corrected chi connectivity index (χ0v) is 44.3. The molecular weight excluding hydrogens is 1030 g/mol. The van der Waals surface area contributed by atoms with Crippen LogP contribution in [0.3, 0.4) is 0 Å². The maximum Gasteiger partial charge on any atom is 0.341 e. The first-order chi connectivity index (χ1) is 38.3. The number of fused-ring (bicyclic) bond motifs is 8. The van der Waals surface area contributed by atoms with E-state index in [0.717, 1.165) is 37.4 Å². The van der Waals surface area contributed by atoms with Crippen molar-refractivity contribution in [1.82, 2.24) is 29.1 Å². The van der Waals surface area contributed by atoms with Gasteiger partial charge >= 0.3 is 5.97 Å². The Morgan fingerprint density at radius 3 is 1.43 bits per heavy atom. The van der Waals surface area contributed by atoms with Crippen LogP contribution in [0.25, 0.3) is 66.6 Å². The molecule has 4 fully saturated rings. The predicted octanol–water partition coefficient (Wildman–Crippen LogP) is 7.53. The van der Waals surface area contributed by atoms with E-state index in [9.17, 15) is 33.1 Å². The molecule has 14 rings (SSSR count). The van der Waals surface area contributed by atoms with E-state index in [1.54, 1.807) is 69.7 Å². The van der Waals surface area contributed by atoms with E-state index < -0.39 is 40.1 Å². The van der Waals surface area contributed by atoms with Crippen LogP contribution in [0, 0.1) is 34.1 Å². The van der Waals surface area contributed by atoms with E-state index in [1.807, 2.05) is 0 Å². The molecule has 408 valence electrons. The number of pyridine rings is 6. The molecule has 17 nitrogen and oxygen atoms in total. The second kappa shape index (κ2) is 18.0. The summed E-state index contributed by atoms with van der Waals surface area (Å²) >= 11 is 0. The standard InChI is InChI=1S/C30H28F2N6O2.C29H26F2N6O3/c1-14(39)19-12-37(3)29-17(28(19)40)6-15(10-36-29)18-11-35-22-7-16-21(34-2)8-20(31)26(32)24(16)25(22)27(18)38-5-4-30(13-38)9-23(30)33;1-33-19-7-18(30)24(31)22-14(19)6-20-23(22)25(37-4-3-29(12-37)8-21(29)32)16(10-34-20)13-5-15-26(38)17(28(39)40)11-36(2)27(15)35-9-13/h6,8,10-12,23,34H,4-5,7,9,13,33H2,1-3H3;5,7,9-11,21,33H,3-4,6,8,12,32H2,1-2H3,(H,39,40)/t23-,30+;21-,29+/m10/s1. The molecule has 8 aromatic rings. The Kier molecular flexibility index (Phi) is 11.4. The van der Waals surface area contributed by atoms with Gasteiger partial charge in [0.2, 0.25) is 10.9 Å². The van der Waals surface area contributed by atoms with Crippen LogP contribution in [0.4, 0.5) is 40.3 Å². The summed E-state index contributed by atoms with van der Waals surface area (Å²) in [7, 11) is 6.71. The Morgan fingerprint density at radius 2 is 1.05 bits per heavy atom. The molecule has 80 heavy (non-hydrogen) atoms. The Hall–Kier alpha value is -8.56. The summed E-state index contributed by atoms with van der Waals surface area (Å²) in [4.78, 5) is 73.1. The fraction of sp³-hybridized carbons (Fsp3) is 0.322. The van der Waals surface area contributed by atoms with Crippen LogP contribution in [0.2, 0.25) is 0 Å². The molecule has 0 radical (unpaired) electrons. The highest BCUT2D eigenvalue weighted by Gasteiger charge is 2.57. The van der Waals surface area contributed by atoms with Gasteiger partial charge in [-0.3, -0.25) is 24.4 Å². The van der Waals surface area contributed by atoms with E-state index in [1.165, 1.54) is 30.0 Å². The number of nitrogens with two attached hydrogens (primary N) is 2. The molecular formula is C59H54F4N12O5. The van der Waals surface area contributed by atoms with Crippen LogP contribution in [0.5, 0.6) is 0 Å². The summed E-state index contributed by atoms with van der Waals surface area (Å²) < 4.78 is 64.0. The second-order valence-corrected chi connectivity index (χ2v) is 22.4. The van der Waals surface area contributed by atoms with Gasteiger partial charge in [-0.25, -0.2) is 32.3 Å². The second-order valence-electron chi connectivity index (χ2n) is 22.4. The van der Waals surface area contributed by atoms with Crippen LogP contribution < -0.4 is 42.8 Å². The number of aryl methyl sites for hydroxylation is 2. The van der Waals surface area contributed by atoms with Crippen molar-refractivity contribution in [3.63, 3.8) is 0 Å². The summed E-state index contributed by atoms with van der Waals surface area (Å²) in [5, 5.41) is 16.0. The molecule has 8 heterocycles. The van der Waals surface area contributed by atoms with Gasteiger partial charge in [-0.1, -0.05) is 0 Å². The molecule has 2 spiro atoms. The van der Waals surface area contributed by atoms with Gasteiger partial charge in [-0.05, 0) is 55.9 Å². The maximum absolute atomic E-state index is 15.6. The third-order valence-corrected chi connectivity index (χ3v) is 17.8. The number of rotatable bonds is 8. The Morgan fingerprint density at radius 1 is 0.637 bits per heavy atom. The number of hydrogen-bond donors (Lipinski definition) is 5. The van der Waals surface area contributed by atoms with E-state index >= 15 is 8.78 Å². The van der Waals surface area contributed by atoms with Crippen LogP contribution in [0.1, 0.15) is 75.8 Å². The number of nitrogens with zero attached hydrogens (tertiary/aromatic N) is 8. The number of anilines is 4. The van der Waals surface area contributed by atoms with Gasteiger partial charge in [0, 0.05) is 195 Å². The van der Waals surface area contributed by atoms with E-state index in [0.29, 0.717) is 129 Å². The van der Waals surface area contributed by atoms with Gasteiger partial charge in [-0.15, -0.1) is 0 Å². The fourth-order valence-electron chi connectivity index (χ4n) is 13.2. The van der Waals surface area contributed by atoms with Gasteiger partial charge in [0.05, 0.1) is 39.1 Å². The Labute approximate surface area is 454 Å². The smallest absolute Gasteiger partial charge is 0.341 e. The van der Waals surface area contributed by atoms with E-state index in [-0.39, 0.29) is 56.3 Å². The molecule has 2 aromatic carbocycles. The largest absolute Gasteiger partial charge is 0.477 e. The lowest BCUT2D eigenvalue weighted by atomic mass is 9.97. The third kappa shape index (κ3) is 7.56. The molecule has 2 saturated heterocycles. The lowest BCUT2D eigenvalue weighted by molar-refractivity contribution is 0.0694. The minimum atomic E-state index is -1.33. The molecule has 4 atom stereocenters. The molecule has 6 aliphatic rings. The minimum Gasteiger partial charge on any atom is -0.477 e. The average molecular weight is 1090 g/mol. The predicted molar refractivity (Wildman–Crippen MR) is 297 cm³/mol. The highest BCUT2D eigenvalue weighted by atomic mass is 19.2. The number of carbonyl (C=O) groups excluding carboxylic acids is 1. The SMILES string of the molecule is CNc1cc(F)c(F)c2c1Cc1ncc(-c3cnc4c(c3)c(=O)c(C(=O)O)cn4C)c(N3CC[C@@]4(C[C@@H]4N)C3)c1-2.CNc1cc(F)c(F)c2c1Cc1ncc(-c3cnc4c(c3)c(=O)c(C(C)=O)cn4C)c(N3CC[C@]4(C[C@H]4N)C3)c1-2. The molecule has 4 aliphatic carbocycles. The van der Waals surface area contributed by atoms with Gasteiger partial charge < -0.3 is 46.1 Å². The number of carboxylic acid groups (broad SMARTS) is 1. The monoisotopic (exact) mass is 1090 g/mol. The van der Waals surface area contributed by atoms with Crippen molar-refractivity contribution in [2.45, 2.75) is 57.5 Å². The number of halogens is 4. The van der Waals surface area contributed by atoms with Crippen molar-refractivity contribution in [1.29, 1.82) is 0 Å². The minimum absolute atomic E-state index is 0.0133. The number of ketones is 1. The summed E-state index contributed by atoms with van der Waals surface area (Å²) in [6.07, 6.45) is 13.7. The summed E-state index contributed by atoms with van der Waals surface area (Å²) in [6, 6.07) is 5.88. The van der Waals surface area contributed by atoms with Gasteiger partial charge in [0.25, 0.3) is 0 Å². The molecule has 0 bridgehead atoms. The number of carboxylic acids is 1. The van der Waals surface area contributed by atoms with Crippen LogP contribution >= 0.6 is 0 Å². The molecule has 7 N–H and O–H groups in total. The van der Waals surface area contributed by atoms with Gasteiger partial charge in [0.1, 0.15) is 16.9 Å². The molecule has 2 aliphatic heterocycles. The van der Waals surface area contributed by atoms with Crippen molar-refractivity contribution in [3.8, 4) is 44.5 Å². The average Bonchev–Trinajstić information content (AvgIpc) is 4.05. The van der Waals surface area contributed by atoms with Gasteiger partial charge in [-0.2, -0.15) is 0 Å². The lowest BCUT2D eigenvalue weighted by Gasteiger charge is -2.26. The van der Waals surface area contributed by atoms with E-state index in [2.05, 4.69) is 35.4 Å². The fourth-order valence-corrected chi connectivity index (χ4v) is 13.2. The Balaban J connectivity index is 0.000000151. The first kappa shape index (κ1) is 50.9. The molecule has 21 heteroatoms. The van der Waals surface area contributed by atoms with Crippen LogP contribution in [0.15, 0.2) is 71.0 Å². The van der Waals surface area contributed by atoms with Crippen LogP contribution in [-0.4, -0.2) is 98.3 Å². The molecule has 6 aromatic heterocycles. The first-order valence-corrected chi connectivity index (χ1v) is 26.4. The summed E-state index contributed by atoms with van der Waals surface area (Å²) in [5.41, 5.74) is 21.0. The molecule has 2 saturated carbocycles. The maximum atomic E-state index is 15.6. The number of nitrogens with one attached hydrogen (secondary N) is 2. The zero-order chi connectivity index (χ0) is 56.2. The topological polar surface area (TPSA) is 233 Å². The number of aromatic nitrogens is 6. The summed E-state index contributed by atoms with van der Waals surface area (Å²) in [6.45, 7) is 4.10. The normalized spacial score (nSPS) is 20.7. The summed E-state index contributed by atoms with van der Waals surface area (Å²) in [5.74, 6) is -5.37. The third-order valence-electron chi connectivity index (χ3n) is 17.8. The first-order valence-electron chi connectivity index (χ1n) is 26.4. The number of hydrogen-bond acceptors (Lipinski definition) is 14. The molecule has 0 unspecified atom stereocenters. The quantitative estimate of drug-likeness (QED) is 0.0731. The lowest BCUT2D eigenvalue weighted by Crippen LogP contribution is -2.24. The van der Waals surface area contributed by atoms with Crippen molar-refractivity contribution in [2.75, 3.05) is 60.7 Å². The van der Waals surface area contributed by atoms with E-state index in [4.69, 9.17) is 16.5 Å². The molecule has 0 amide bonds. The number of aromatic carboxylic acids is 1. The zero-order valence-electron chi connectivity index (χ0n) is 44.3. The van der Waals surface area contributed by atoms with Crippen LogP contribution in [-0.2, 0) is 26.9 Å². The number of Topliss-reactive ketones (excluding diaryl/α,β-unsaturated/α-hetero) is 1. The Bertz CT molecular complexity index is 3970. The number of carbonyl (C=O) groups is 2. The van der Waals surface area contributed by atoms with Crippen molar-refractivity contribution < 1.29 is 32.3 Å². The van der Waals surface area contributed by atoms with Crippen molar-refractivity contribution in [2.24, 2.45) is 36.4 Å². The van der Waals surface area contributed by atoms with Gasteiger partial charge in [0.15, 0.2) is 29.1 Å². The highest BCUT2D eigenvalue weighted by Crippen LogP contribution is 2.58.